The van der Waals surface area contributed by atoms with Crippen molar-refractivity contribution in [3.8, 4) is 0 Å². The normalized spacial score (nSPS) is 15.7. The Morgan fingerprint density at radius 1 is 0.889 bits per heavy atom. The van der Waals surface area contributed by atoms with Gasteiger partial charge in [0.2, 0.25) is 0 Å². The molecule has 0 saturated heterocycles. The molecule has 0 spiro atoms. The molecule has 0 amide bonds. The molecule has 4 nitrogen and oxygen atoms in total. The lowest BCUT2D eigenvalue weighted by molar-refractivity contribution is 0.386. The first-order valence-electron chi connectivity index (χ1n) is 10.5. The van der Waals surface area contributed by atoms with Crippen LogP contribution in [0.4, 0.5) is 0 Å². The first kappa shape index (κ1) is 28.6. The quantitative estimate of drug-likeness (QED) is 0.131. The van der Waals surface area contributed by atoms with E-state index >= 15 is 0 Å². The van der Waals surface area contributed by atoms with Crippen molar-refractivity contribution < 1.29 is 0 Å². The Morgan fingerprint density at radius 3 is 1.78 bits per heavy atom. The summed E-state index contributed by atoms with van der Waals surface area (Å²) in [6.45, 7) is 25.4. The number of nitrogens with zero attached hydrogens (tertiary/aromatic N) is 3. The van der Waals surface area contributed by atoms with Gasteiger partial charge in [-0.1, -0.05) is 53.1 Å². The average Bonchev–Trinajstić information content (AvgIpc) is 2.50. The van der Waals surface area contributed by atoms with Crippen LogP contribution in [0.1, 0.15) is 109 Å². The van der Waals surface area contributed by atoms with E-state index in [1.165, 1.54) is 5.71 Å². The molecule has 1 unspecified atom stereocenters. The Balaban J connectivity index is 0. The van der Waals surface area contributed by atoms with Crippen LogP contribution in [-0.4, -0.2) is 21.8 Å². The lowest BCUT2D eigenvalue weighted by Crippen LogP contribution is -2.35. The summed E-state index contributed by atoms with van der Waals surface area (Å²) in [5.74, 6) is 1.23. The van der Waals surface area contributed by atoms with Crippen molar-refractivity contribution in [2.45, 2.75) is 125 Å². The van der Waals surface area contributed by atoms with Crippen molar-refractivity contribution in [1.29, 1.82) is 0 Å². The minimum absolute atomic E-state index is 0.0901. The monoisotopic (exact) mass is 402 g/mol. The van der Waals surface area contributed by atoms with Gasteiger partial charge in [0.25, 0.3) is 0 Å². The zero-order valence-electron chi connectivity index (χ0n) is 20.2. The van der Waals surface area contributed by atoms with E-state index in [2.05, 4.69) is 96.9 Å². The van der Waals surface area contributed by atoms with E-state index in [1.807, 2.05) is 6.92 Å². The second-order valence-corrected chi connectivity index (χ2v) is 10.7. The summed E-state index contributed by atoms with van der Waals surface area (Å²) < 4.78 is 0. The molecule has 0 aromatic carbocycles. The topological polar surface area (TPSA) is 49.1 Å². The highest BCUT2D eigenvalue weighted by Crippen LogP contribution is 2.27. The van der Waals surface area contributed by atoms with Crippen LogP contribution >= 0.6 is 11.6 Å². The number of nitrogens with one attached hydrogen (secondary N) is 1. The third kappa shape index (κ3) is 18.5. The van der Waals surface area contributed by atoms with Crippen LogP contribution in [0.5, 0.6) is 0 Å². The average molecular weight is 403 g/mol. The van der Waals surface area contributed by atoms with E-state index < -0.39 is 5.00 Å². The van der Waals surface area contributed by atoms with Crippen LogP contribution in [0.2, 0.25) is 0 Å². The van der Waals surface area contributed by atoms with Crippen molar-refractivity contribution in [1.82, 2.24) is 5.43 Å². The second-order valence-electron chi connectivity index (χ2n) is 9.90. The molecule has 1 atom stereocenters. The van der Waals surface area contributed by atoms with E-state index in [9.17, 15) is 0 Å². The minimum Gasteiger partial charge on any atom is -0.305 e. The van der Waals surface area contributed by atoms with Crippen molar-refractivity contribution >= 4 is 17.3 Å². The summed E-state index contributed by atoms with van der Waals surface area (Å²) in [6, 6.07) is 0. The van der Waals surface area contributed by atoms with E-state index in [0.717, 1.165) is 25.7 Å². The fourth-order valence-corrected chi connectivity index (χ4v) is 2.40. The molecule has 162 valence electrons. The number of halogens is 1. The first-order valence-corrected chi connectivity index (χ1v) is 10.9. The molecular formula is C22H47ClN4. The zero-order valence-corrected chi connectivity index (χ0v) is 21.0. The van der Waals surface area contributed by atoms with E-state index in [4.69, 9.17) is 11.6 Å². The maximum atomic E-state index is 6.23. The smallest absolute Gasteiger partial charge is 0.152 e. The molecule has 27 heavy (non-hydrogen) atoms. The standard InChI is InChI=1S/C11H23ClN2.C11H24N2/c1-7-10(4,5)13-14-11(6,12)8-9(2)3;1-7-11(5,6)13-12-10(4)8-9(2)3/h9H,7-8H2,1-6H3;9,13H,7-8H2,1-6H3. The van der Waals surface area contributed by atoms with E-state index in [-0.39, 0.29) is 11.1 Å². The largest absolute Gasteiger partial charge is 0.305 e. The molecule has 0 saturated carbocycles. The third-order valence-corrected chi connectivity index (χ3v) is 4.54. The third-order valence-electron chi connectivity index (χ3n) is 4.31. The molecular weight excluding hydrogens is 356 g/mol. The zero-order chi connectivity index (χ0) is 21.9. The Bertz CT molecular complexity index is 449. The van der Waals surface area contributed by atoms with Gasteiger partial charge in [-0.05, 0) is 79.1 Å². The number of hydrogen-bond donors (Lipinski definition) is 1. The number of hydrazone groups is 1. The Labute approximate surface area is 175 Å². The summed E-state index contributed by atoms with van der Waals surface area (Å²) >= 11 is 6.23. The van der Waals surface area contributed by atoms with Gasteiger partial charge in [-0.3, -0.25) is 0 Å². The van der Waals surface area contributed by atoms with Gasteiger partial charge in [0.1, 0.15) is 0 Å². The molecule has 0 aliphatic rings. The second kappa shape index (κ2) is 12.7. The first-order chi connectivity index (χ1) is 12.1. The molecule has 0 aromatic heterocycles. The molecule has 0 rings (SSSR count). The van der Waals surface area contributed by atoms with Gasteiger partial charge < -0.3 is 5.43 Å². The number of azo groups is 1. The molecule has 1 N–H and O–H groups in total. The van der Waals surface area contributed by atoms with Crippen molar-refractivity contribution in [2.75, 3.05) is 0 Å². The van der Waals surface area contributed by atoms with E-state index in [0.29, 0.717) is 11.8 Å². The summed E-state index contributed by atoms with van der Waals surface area (Å²) in [4.78, 5) is -0.541. The molecule has 0 bridgehead atoms. The van der Waals surface area contributed by atoms with Crippen molar-refractivity contribution in [2.24, 2.45) is 27.2 Å². The number of alkyl halides is 1. The van der Waals surface area contributed by atoms with Gasteiger partial charge in [0, 0.05) is 11.3 Å². The van der Waals surface area contributed by atoms with Crippen molar-refractivity contribution in [3.05, 3.63) is 0 Å². The van der Waals surface area contributed by atoms with Crippen LogP contribution < -0.4 is 5.43 Å². The van der Waals surface area contributed by atoms with Crippen LogP contribution in [-0.2, 0) is 0 Å². The lowest BCUT2D eigenvalue weighted by atomic mass is 10.0. The molecule has 0 heterocycles. The van der Waals surface area contributed by atoms with Crippen LogP contribution in [0.15, 0.2) is 15.3 Å². The molecule has 0 aromatic rings. The Morgan fingerprint density at radius 2 is 1.41 bits per heavy atom. The predicted molar refractivity (Wildman–Crippen MR) is 123 cm³/mol. The van der Waals surface area contributed by atoms with Gasteiger partial charge in [-0.2, -0.15) is 15.3 Å². The van der Waals surface area contributed by atoms with E-state index in [1.54, 1.807) is 0 Å². The molecule has 5 heteroatoms. The Kier molecular flexibility index (Phi) is 13.5. The van der Waals surface area contributed by atoms with Gasteiger partial charge in [0.05, 0.1) is 5.54 Å². The molecule has 0 fully saturated rings. The van der Waals surface area contributed by atoms with Gasteiger partial charge >= 0.3 is 0 Å². The van der Waals surface area contributed by atoms with Gasteiger partial charge in [0.15, 0.2) is 5.00 Å². The Hall–Kier alpha value is -0.640. The number of rotatable bonds is 10. The SMILES string of the molecule is CCC(C)(C)N=NC(C)(Cl)CC(C)C.CCC(C)(C)NN=C(C)CC(C)C. The molecule has 0 aliphatic carbocycles. The maximum absolute atomic E-state index is 6.23. The van der Waals surface area contributed by atoms with Gasteiger partial charge in [-0.15, -0.1) is 0 Å². The maximum Gasteiger partial charge on any atom is 0.152 e. The van der Waals surface area contributed by atoms with Crippen LogP contribution in [0.25, 0.3) is 0 Å². The lowest BCUT2D eigenvalue weighted by Gasteiger charge is -2.22. The summed E-state index contributed by atoms with van der Waals surface area (Å²) in [5, 5.41) is 12.9. The highest BCUT2D eigenvalue weighted by molar-refractivity contribution is 6.23. The van der Waals surface area contributed by atoms with Gasteiger partial charge in [-0.25, -0.2) is 0 Å². The van der Waals surface area contributed by atoms with Crippen LogP contribution in [0.3, 0.4) is 0 Å². The minimum atomic E-state index is -0.541. The van der Waals surface area contributed by atoms with Crippen molar-refractivity contribution in [3.63, 3.8) is 0 Å². The highest BCUT2D eigenvalue weighted by atomic mass is 35.5. The predicted octanol–water partition coefficient (Wildman–Crippen LogP) is 7.81. The molecule has 0 aliphatic heterocycles. The number of hydrogen-bond acceptors (Lipinski definition) is 4. The fraction of sp³-hybridized carbons (Fsp3) is 0.955. The summed E-state index contributed by atoms with van der Waals surface area (Å²) in [6.07, 6.45) is 4.00. The summed E-state index contributed by atoms with van der Waals surface area (Å²) in [5.41, 5.74) is 4.43. The van der Waals surface area contributed by atoms with Crippen LogP contribution in [0, 0.1) is 11.8 Å². The summed E-state index contributed by atoms with van der Waals surface area (Å²) in [7, 11) is 0. The highest BCUT2D eigenvalue weighted by Gasteiger charge is 2.23. The fourth-order valence-electron chi connectivity index (χ4n) is 2.06. The molecule has 0 radical (unpaired) electrons.